The third kappa shape index (κ3) is 6.04. The number of amides is 3. The maximum Gasteiger partial charge on any atom is 0.244 e. The second kappa shape index (κ2) is 11.1. The maximum atomic E-state index is 13.7. The highest BCUT2D eigenvalue weighted by atomic mass is 35.5. The van der Waals surface area contributed by atoms with Crippen LogP contribution in [-0.2, 0) is 19.1 Å². The fourth-order valence-corrected chi connectivity index (χ4v) is 6.59. The highest BCUT2D eigenvalue weighted by Gasteiger charge is 2.43. The number of morpholine rings is 1. The molecule has 216 valence electrons. The molecule has 1 aliphatic carbocycles. The summed E-state index contributed by atoms with van der Waals surface area (Å²) in [5, 5.41) is 10.1. The van der Waals surface area contributed by atoms with Gasteiger partial charge in [-0.2, -0.15) is 0 Å². The van der Waals surface area contributed by atoms with Crippen molar-refractivity contribution in [1.82, 2.24) is 10.2 Å². The van der Waals surface area contributed by atoms with Crippen LogP contribution in [0.1, 0.15) is 57.9 Å². The first-order valence-electron chi connectivity index (χ1n) is 14.0. The molecule has 5 N–H and O–H groups in total. The van der Waals surface area contributed by atoms with E-state index in [4.69, 9.17) is 22.1 Å². The number of benzene rings is 1. The normalized spacial score (nSPS) is 30.6. The first kappa shape index (κ1) is 28.6. The summed E-state index contributed by atoms with van der Waals surface area (Å²) in [5.41, 5.74) is 6.92. The number of carbonyl (C=O) groups excluding carboxylic acids is 3. The van der Waals surface area contributed by atoms with E-state index in [2.05, 4.69) is 27.9 Å². The molecule has 1 saturated carbocycles. The standard InChI is InChI=1S/C29H39ClN6O4/c1-28(2)16-36(13-24(37)33-12-17-4-6-18(7-5-17)26(31)38)23(14-40-28)27(39)34-22-11-19(30)10-20-21-8-9-32-15-29(21,3)35-25(20)22/h8-11,15,17-18,21,23,35H,4-7,12-14,16H2,1-3H3,(H2,31,38)(H,33,37)(H,34,39)/t17?,18?,21?,23-,29?/m0/s1. The van der Waals surface area contributed by atoms with Crippen LogP contribution in [0, 0.1) is 11.8 Å². The smallest absolute Gasteiger partial charge is 0.244 e. The number of rotatable bonds is 7. The molecule has 0 spiro atoms. The molecule has 0 radical (unpaired) electrons. The number of fused-ring (bicyclic) bond motifs is 3. The molecule has 3 amide bonds. The molecule has 11 heteroatoms. The van der Waals surface area contributed by atoms with Crippen molar-refractivity contribution in [2.45, 2.75) is 69.6 Å². The van der Waals surface area contributed by atoms with E-state index in [1.807, 2.05) is 37.1 Å². The summed E-state index contributed by atoms with van der Waals surface area (Å²) in [6.45, 7) is 7.18. The molecule has 4 aliphatic rings. The molecule has 3 atom stereocenters. The first-order chi connectivity index (χ1) is 18.9. The quantitative estimate of drug-likeness (QED) is 0.397. The van der Waals surface area contributed by atoms with Crippen molar-refractivity contribution in [3.05, 3.63) is 35.0 Å². The van der Waals surface area contributed by atoms with Crippen molar-refractivity contribution < 1.29 is 19.1 Å². The van der Waals surface area contributed by atoms with Gasteiger partial charge in [-0.3, -0.25) is 24.3 Å². The maximum absolute atomic E-state index is 13.7. The van der Waals surface area contributed by atoms with Crippen LogP contribution >= 0.6 is 11.6 Å². The van der Waals surface area contributed by atoms with E-state index < -0.39 is 17.2 Å². The zero-order chi connectivity index (χ0) is 28.7. The Morgan fingerprint density at radius 3 is 2.67 bits per heavy atom. The summed E-state index contributed by atoms with van der Waals surface area (Å²) in [6.07, 6.45) is 8.94. The number of primary amides is 1. The van der Waals surface area contributed by atoms with Crippen LogP contribution in [0.15, 0.2) is 29.4 Å². The fraction of sp³-hybridized carbons (Fsp3) is 0.586. The van der Waals surface area contributed by atoms with Gasteiger partial charge in [-0.25, -0.2) is 0 Å². The van der Waals surface area contributed by atoms with Gasteiger partial charge in [-0.15, -0.1) is 0 Å². The van der Waals surface area contributed by atoms with Gasteiger partial charge in [-0.1, -0.05) is 17.7 Å². The number of halogens is 1. The van der Waals surface area contributed by atoms with Crippen molar-refractivity contribution in [3.8, 4) is 0 Å². The molecule has 2 fully saturated rings. The third-order valence-electron chi connectivity index (χ3n) is 8.62. The predicted molar refractivity (Wildman–Crippen MR) is 156 cm³/mol. The third-order valence-corrected chi connectivity index (χ3v) is 8.84. The Kier molecular flexibility index (Phi) is 7.96. The lowest BCUT2D eigenvalue weighted by molar-refractivity contribution is -0.147. The Bertz CT molecular complexity index is 1240. The lowest BCUT2D eigenvalue weighted by atomic mass is 9.81. The molecule has 5 rings (SSSR count). The van der Waals surface area contributed by atoms with Crippen molar-refractivity contribution in [2.24, 2.45) is 22.6 Å². The van der Waals surface area contributed by atoms with Gasteiger partial charge in [0.05, 0.1) is 35.7 Å². The SMILES string of the molecule is CC1(C)CN(CC(=O)NCC2CCC(C(N)=O)CC2)[C@H](C(=O)Nc2cc(Cl)cc3c2NC2(C)C=NC=CC32)CO1. The number of hydrogen-bond donors (Lipinski definition) is 4. The minimum absolute atomic E-state index is 0.0409. The summed E-state index contributed by atoms with van der Waals surface area (Å²) >= 11 is 6.48. The monoisotopic (exact) mass is 570 g/mol. The lowest BCUT2D eigenvalue weighted by Crippen LogP contribution is -2.60. The minimum Gasteiger partial charge on any atom is -0.372 e. The molecule has 10 nitrogen and oxygen atoms in total. The van der Waals surface area contributed by atoms with Gasteiger partial charge < -0.3 is 26.4 Å². The molecule has 3 heterocycles. The van der Waals surface area contributed by atoms with Gasteiger partial charge in [-0.05, 0) is 70.1 Å². The zero-order valence-corrected chi connectivity index (χ0v) is 24.1. The lowest BCUT2D eigenvalue weighted by Gasteiger charge is -2.42. The van der Waals surface area contributed by atoms with Crippen molar-refractivity contribution in [3.63, 3.8) is 0 Å². The van der Waals surface area contributed by atoms with E-state index in [9.17, 15) is 14.4 Å². The number of carbonyl (C=O) groups is 3. The van der Waals surface area contributed by atoms with Gasteiger partial charge in [0.15, 0.2) is 0 Å². The van der Waals surface area contributed by atoms with E-state index in [0.717, 1.165) is 36.9 Å². The molecule has 2 unspecified atom stereocenters. The van der Waals surface area contributed by atoms with Crippen LogP contribution in [0.25, 0.3) is 0 Å². The molecule has 3 aliphatic heterocycles. The Balaban J connectivity index is 1.24. The molecule has 1 aromatic rings. The number of aliphatic imine (C=N–C) groups is 1. The van der Waals surface area contributed by atoms with E-state index in [0.29, 0.717) is 29.7 Å². The van der Waals surface area contributed by atoms with Gasteiger partial charge in [0.25, 0.3) is 0 Å². The topological polar surface area (TPSA) is 138 Å². The Hall–Kier alpha value is -2.95. The second-order valence-electron chi connectivity index (χ2n) is 12.3. The number of hydrogen-bond acceptors (Lipinski definition) is 7. The van der Waals surface area contributed by atoms with Crippen LogP contribution < -0.4 is 21.7 Å². The van der Waals surface area contributed by atoms with Crippen molar-refractivity contribution >= 4 is 46.9 Å². The summed E-state index contributed by atoms with van der Waals surface area (Å²) in [6, 6.07) is 3.01. The van der Waals surface area contributed by atoms with Gasteiger partial charge in [0.1, 0.15) is 6.04 Å². The Labute approximate surface area is 240 Å². The van der Waals surface area contributed by atoms with Crippen LogP contribution in [0.5, 0.6) is 0 Å². The highest BCUT2D eigenvalue weighted by molar-refractivity contribution is 6.31. The van der Waals surface area contributed by atoms with Crippen LogP contribution in [0.3, 0.4) is 0 Å². The first-order valence-corrected chi connectivity index (χ1v) is 14.4. The number of nitrogens with one attached hydrogen (secondary N) is 3. The second-order valence-corrected chi connectivity index (χ2v) is 12.8. The van der Waals surface area contributed by atoms with Crippen LogP contribution in [0.2, 0.25) is 5.02 Å². The summed E-state index contributed by atoms with van der Waals surface area (Å²) in [4.78, 5) is 44.3. The minimum atomic E-state index is -0.653. The summed E-state index contributed by atoms with van der Waals surface area (Å²) in [5.74, 6) is -0.334. The number of nitrogens with zero attached hydrogens (tertiary/aromatic N) is 2. The summed E-state index contributed by atoms with van der Waals surface area (Å²) in [7, 11) is 0. The molecular weight excluding hydrogens is 532 g/mol. The predicted octanol–water partition coefficient (Wildman–Crippen LogP) is 3.03. The van der Waals surface area contributed by atoms with Crippen molar-refractivity contribution in [2.75, 3.05) is 36.9 Å². The summed E-state index contributed by atoms with van der Waals surface area (Å²) < 4.78 is 6.00. The fourth-order valence-electron chi connectivity index (χ4n) is 6.36. The Morgan fingerprint density at radius 2 is 1.95 bits per heavy atom. The molecular formula is C29H39ClN6O4. The van der Waals surface area contributed by atoms with E-state index in [1.165, 1.54) is 0 Å². The van der Waals surface area contributed by atoms with Crippen LogP contribution in [0.4, 0.5) is 11.4 Å². The van der Waals surface area contributed by atoms with E-state index in [1.54, 1.807) is 12.3 Å². The van der Waals surface area contributed by atoms with Gasteiger partial charge in [0, 0.05) is 42.4 Å². The van der Waals surface area contributed by atoms with Crippen molar-refractivity contribution in [1.29, 1.82) is 0 Å². The van der Waals surface area contributed by atoms with Gasteiger partial charge in [0.2, 0.25) is 17.7 Å². The highest BCUT2D eigenvalue weighted by Crippen LogP contribution is 2.48. The van der Waals surface area contributed by atoms with E-state index in [-0.39, 0.29) is 42.7 Å². The van der Waals surface area contributed by atoms with E-state index >= 15 is 0 Å². The molecule has 40 heavy (non-hydrogen) atoms. The molecule has 0 bridgehead atoms. The Morgan fingerprint density at radius 1 is 1.20 bits per heavy atom. The largest absolute Gasteiger partial charge is 0.372 e. The molecule has 1 aromatic carbocycles. The zero-order valence-electron chi connectivity index (χ0n) is 23.3. The van der Waals surface area contributed by atoms with Crippen LogP contribution in [-0.4, -0.2) is 72.3 Å². The number of anilines is 2. The number of nitrogens with two attached hydrogens (primary N) is 1. The van der Waals surface area contributed by atoms with Gasteiger partial charge >= 0.3 is 0 Å². The average Bonchev–Trinajstić information content (AvgIpc) is 3.19. The molecule has 0 aromatic heterocycles. The average molecular weight is 571 g/mol. The molecule has 1 saturated heterocycles. The number of ether oxygens (including phenoxy) is 1.